The Morgan fingerprint density at radius 2 is 2.18 bits per heavy atom. The summed E-state index contributed by atoms with van der Waals surface area (Å²) < 4.78 is 0. The maximum Gasteiger partial charge on any atom is 0.152 e. The Kier molecular flexibility index (Phi) is 10.0. The van der Waals surface area contributed by atoms with Gasteiger partial charge in [0, 0.05) is 23.3 Å². The van der Waals surface area contributed by atoms with Crippen LogP contribution in [0.2, 0.25) is 0 Å². The van der Waals surface area contributed by atoms with Crippen LogP contribution in [0.3, 0.4) is 0 Å². The second kappa shape index (κ2) is 10.4. The number of rotatable bonds is 10. The molecule has 0 amide bonds. The van der Waals surface area contributed by atoms with Gasteiger partial charge in [0.1, 0.15) is 0 Å². The Morgan fingerprint density at radius 3 is 2.71 bits per heavy atom. The molecule has 6 heteroatoms. The van der Waals surface area contributed by atoms with Gasteiger partial charge >= 0.3 is 0 Å². The van der Waals surface area contributed by atoms with E-state index >= 15 is 0 Å². The molecule has 0 radical (unpaired) electrons. The van der Waals surface area contributed by atoms with E-state index in [0.29, 0.717) is 6.54 Å². The molecule has 0 rings (SSSR count). The number of hydrogen-bond acceptors (Lipinski definition) is 4. The standard InChI is InChI=1S/C11H22N4OS/c1-9(2)11(16)10(13-8-17-3)6-4-5-7-14-15-12/h9-10,13H,4-8H2,1-3H3/t10-/m0/s1. The molecule has 0 unspecified atom stereocenters. The van der Waals surface area contributed by atoms with Crippen molar-refractivity contribution in [3.63, 3.8) is 0 Å². The molecule has 0 fully saturated rings. The fourth-order valence-corrected chi connectivity index (χ4v) is 1.87. The molecule has 0 spiro atoms. The molecule has 0 bridgehead atoms. The van der Waals surface area contributed by atoms with Crippen LogP contribution in [0.15, 0.2) is 5.11 Å². The topological polar surface area (TPSA) is 77.9 Å². The molecule has 1 N–H and O–H groups in total. The summed E-state index contributed by atoms with van der Waals surface area (Å²) in [4.78, 5) is 14.6. The summed E-state index contributed by atoms with van der Waals surface area (Å²) in [6.45, 7) is 4.37. The number of Topliss-reactive ketones (excluding diaryl/α,β-unsaturated/α-hetero) is 1. The van der Waals surface area contributed by atoms with Crippen LogP contribution >= 0.6 is 11.8 Å². The number of unbranched alkanes of at least 4 members (excludes halogenated alkanes) is 1. The van der Waals surface area contributed by atoms with Crippen molar-refractivity contribution in [1.82, 2.24) is 5.32 Å². The highest BCUT2D eigenvalue weighted by molar-refractivity contribution is 7.98. The van der Waals surface area contributed by atoms with E-state index in [1.54, 1.807) is 11.8 Å². The fraction of sp³-hybridized carbons (Fsp3) is 0.909. The molecule has 0 saturated heterocycles. The lowest BCUT2D eigenvalue weighted by Crippen LogP contribution is -2.38. The van der Waals surface area contributed by atoms with Crippen LogP contribution in [0.5, 0.6) is 0 Å². The highest BCUT2D eigenvalue weighted by Gasteiger charge is 2.19. The Morgan fingerprint density at radius 1 is 1.47 bits per heavy atom. The molecule has 0 aliphatic rings. The minimum Gasteiger partial charge on any atom is -0.298 e. The summed E-state index contributed by atoms with van der Waals surface area (Å²) in [6, 6.07) is -0.0616. The zero-order valence-electron chi connectivity index (χ0n) is 10.8. The van der Waals surface area contributed by atoms with Crippen molar-refractivity contribution >= 4 is 17.5 Å². The number of nitrogens with one attached hydrogen (secondary N) is 1. The maximum atomic E-state index is 11.9. The molecule has 0 aromatic rings. The number of thioether (sulfide) groups is 1. The molecule has 0 saturated carbocycles. The molecule has 0 aromatic carbocycles. The zero-order chi connectivity index (χ0) is 13.1. The average Bonchev–Trinajstić information content (AvgIpc) is 2.31. The van der Waals surface area contributed by atoms with E-state index < -0.39 is 0 Å². The largest absolute Gasteiger partial charge is 0.298 e. The summed E-state index contributed by atoms with van der Waals surface area (Å²) in [7, 11) is 0. The third kappa shape index (κ3) is 8.07. The number of ketones is 1. The normalized spacial score (nSPS) is 12.2. The van der Waals surface area contributed by atoms with Crippen LogP contribution in [0, 0.1) is 5.92 Å². The van der Waals surface area contributed by atoms with Crippen LogP contribution < -0.4 is 5.32 Å². The highest BCUT2D eigenvalue weighted by atomic mass is 32.2. The Labute approximate surface area is 107 Å². The van der Waals surface area contributed by atoms with Crippen LogP contribution in [-0.2, 0) is 4.79 Å². The van der Waals surface area contributed by atoms with Crippen LogP contribution in [-0.4, -0.2) is 30.5 Å². The minimum atomic E-state index is -0.0616. The van der Waals surface area contributed by atoms with Crippen molar-refractivity contribution in [3.8, 4) is 0 Å². The summed E-state index contributed by atoms with van der Waals surface area (Å²) in [5, 5.41) is 6.73. The van der Waals surface area contributed by atoms with E-state index in [1.165, 1.54) is 0 Å². The summed E-state index contributed by atoms with van der Waals surface area (Å²) in [6.07, 6.45) is 4.57. The molecule has 98 valence electrons. The van der Waals surface area contributed by atoms with Crippen molar-refractivity contribution in [2.45, 2.75) is 39.2 Å². The van der Waals surface area contributed by atoms with Gasteiger partial charge in [-0.25, -0.2) is 0 Å². The highest BCUT2D eigenvalue weighted by Crippen LogP contribution is 2.09. The van der Waals surface area contributed by atoms with Gasteiger partial charge < -0.3 is 0 Å². The summed E-state index contributed by atoms with van der Waals surface area (Å²) in [5.74, 6) is 1.12. The molecule has 0 aliphatic heterocycles. The Balaban J connectivity index is 4.01. The lowest BCUT2D eigenvalue weighted by molar-refractivity contribution is -0.124. The van der Waals surface area contributed by atoms with Crippen LogP contribution in [0.1, 0.15) is 33.1 Å². The molecule has 0 aromatic heterocycles. The molecule has 0 heterocycles. The van der Waals surface area contributed by atoms with Gasteiger partial charge in [-0.15, -0.1) is 11.8 Å². The summed E-state index contributed by atoms with van der Waals surface area (Å²) in [5.41, 5.74) is 8.14. The van der Waals surface area contributed by atoms with Gasteiger partial charge in [0.15, 0.2) is 5.78 Å². The monoisotopic (exact) mass is 258 g/mol. The summed E-state index contributed by atoms with van der Waals surface area (Å²) >= 11 is 1.68. The molecule has 5 nitrogen and oxygen atoms in total. The first kappa shape index (κ1) is 16.3. The second-order valence-corrected chi connectivity index (χ2v) is 5.06. The molecular weight excluding hydrogens is 236 g/mol. The van der Waals surface area contributed by atoms with E-state index in [1.807, 2.05) is 20.1 Å². The molecule has 17 heavy (non-hydrogen) atoms. The van der Waals surface area contributed by atoms with Crippen molar-refractivity contribution < 1.29 is 4.79 Å². The maximum absolute atomic E-state index is 11.9. The van der Waals surface area contributed by atoms with E-state index in [2.05, 4.69) is 15.3 Å². The third-order valence-electron chi connectivity index (χ3n) is 2.45. The number of carbonyl (C=O) groups is 1. The first-order chi connectivity index (χ1) is 8.13. The SMILES string of the molecule is CSCN[C@@H](CCCCN=[N+]=[N-])C(=O)C(C)C. The van der Waals surface area contributed by atoms with Gasteiger partial charge in [0.05, 0.1) is 6.04 Å². The zero-order valence-corrected chi connectivity index (χ0v) is 11.7. The van der Waals surface area contributed by atoms with Gasteiger partial charge in [-0.3, -0.25) is 10.1 Å². The fourth-order valence-electron chi connectivity index (χ4n) is 1.51. The smallest absolute Gasteiger partial charge is 0.152 e. The van der Waals surface area contributed by atoms with Crippen molar-refractivity contribution in [2.75, 3.05) is 18.7 Å². The lowest BCUT2D eigenvalue weighted by Gasteiger charge is -2.18. The lowest BCUT2D eigenvalue weighted by atomic mass is 9.97. The predicted octanol–water partition coefficient (Wildman–Crippen LogP) is 2.97. The van der Waals surface area contributed by atoms with Crippen molar-refractivity contribution in [3.05, 3.63) is 10.4 Å². The van der Waals surface area contributed by atoms with Gasteiger partial charge in [0.2, 0.25) is 0 Å². The molecular formula is C11H22N4OS. The first-order valence-corrected chi connectivity index (χ1v) is 7.29. The number of hydrogen-bond donors (Lipinski definition) is 1. The van der Waals surface area contributed by atoms with Gasteiger partial charge in [-0.1, -0.05) is 25.4 Å². The average molecular weight is 258 g/mol. The second-order valence-electron chi connectivity index (χ2n) is 4.20. The van der Waals surface area contributed by atoms with E-state index in [-0.39, 0.29) is 17.7 Å². The Bertz CT molecular complexity index is 264. The third-order valence-corrected chi connectivity index (χ3v) is 2.91. The first-order valence-electron chi connectivity index (χ1n) is 5.90. The van der Waals surface area contributed by atoms with E-state index in [9.17, 15) is 4.79 Å². The number of nitrogens with zero attached hydrogens (tertiary/aromatic N) is 3. The van der Waals surface area contributed by atoms with Crippen LogP contribution in [0.25, 0.3) is 10.4 Å². The Hall–Kier alpha value is -0.710. The van der Waals surface area contributed by atoms with Crippen LogP contribution in [0.4, 0.5) is 0 Å². The van der Waals surface area contributed by atoms with Crippen molar-refractivity contribution in [2.24, 2.45) is 11.0 Å². The van der Waals surface area contributed by atoms with Gasteiger partial charge in [-0.2, -0.15) is 0 Å². The molecule has 0 aliphatic carbocycles. The number of carbonyl (C=O) groups excluding carboxylic acids is 1. The quantitative estimate of drug-likeness (QED) is 0.215. The molecule has 1 atom stereocenters. The minimum absolute atomic E-state index is 0.0616. The van der Waals surface area contributed by atoms with Crippen molar-refractivity contribution in [1.29, 1.82) is 0 Å². The predicted molar refractivity (Wildman–Crippen MR) is 73.0 cm³/mol. The van der Waals surface area contributed by atoms with Gasteiger partial charge in [0.25, 0.3) is 0 Å². The number of azide groups is 1. The van der Waals surface area contributed by atoms with Gasteiger partial charge in [-0.05, 0) is 24.6 Å². The van der Waals surface area contributed by atoms with E-state index in [4.69, 9.17) is 5.53 Å². The van der Waals surface area contributed by atoms with E-state index in [0.717, 1.165) is 25.1 Å².